The van der Waals surface area contributed by atoms with Gasteiger partial charge in [-0.2, -0.15) is 5.10 Å². The molecule has 24 heavy (non-hydrogen) atoms. The number of aromatic amines is 1. The van der Waals surface area contributed by atoms with Crippen molar-refractivity contribution < 1.29 is 9.90 Å². The summed E-state index contributed by atoms with van der Waals surface area (Å²) in [7, 11) is 0. The fourth-order valence-corrected chi connectivity index (χ4v) is 3.91. The molecule has 4 rings (SSSR count). The van der Waals surface area contributed by atoms with Gasteiger partial charge < -0.3 is 10.0 Å². The average molecular weight is 325 g/mol. The highest BCUT2D eigenvalue weighted by Gasteiger charge is 2.26. The average Bonchev–Trinajstić information content (AvgIpc) is 3.03. The van der Waals surface area contributed by atoms with Crippen LogP contribution in [0.4, 0.5) is 0 Å². The summed E-state index contributed by atoms with van der Waals surface area (Å²) in [6, 6.07) is 7.82. The minimum Gasteiger partial charge on any atom is -0.387 e. The smallest absolute Gasteiger partial charge is 0.223 e. The summed E-state index contributed by atoms with van der Waals surface area (Å²) < 4.78 is 0. The highest BCUT2D eigenvalue weighted by atomic mass is 16.3. The third-order valence-corrected chi connectivity index (χ3v) is 5.24. The van der Waals surface area contributed by atoms with Crippen LogP contribution in [0.5, 0.6) is 0 Å². The molecule has 1 atom stereocenters. The lowest BCUT2D eigenvalue weighted by molar-refractivity contribution is -0.134. The Morgan fingerprint density at radius 3 is 3.04 bits per heavy atom. The lowest BCUT2D eigenvalue weighted by Gasteiger charge is -2.32. The van der Waals surface area contributed by atoms with Crippen molar-refractivity contribution in [3.8, 4) is 0 Å². The molecule has 2 heterocycles. The molecule has 1 amide bonds. The maximum absolute atomic E-state index is 12.6. The van der Waals surface area contributed by atoms with Crippen LogP contribution in [-0.4, -0.2) is 32.7 Å². The Bertz CT molecular complexity index is 753. The van der Waals surface area contributed by atoms with E-state index in [-0.39, 0.29) is 5.91 Å². The molecule has 2 aromatic rings. The Balaban J connectivity index is 1.41. The number of fused-ring (bicyclic) bond motifs is 2. The number of nitrogens with zero attached hydrogens (tertiary/aromatic N) is 2. The fourth-order valence-electron chi connectivity index (χ4n) is 3.91. The predicted molar refractivity (Wildman–Crippen MR) is 90.4 cm³/mol. The SMILES string of the molecule is O=C(CCc1n[nH]c2c1CCCC2)N1Cc2ccccc2[C@H](O)C1. The van der Waals surface area contributed by atoms with E-state index in [0.29, 0.717) is 25.9 Å². The first-order valence-corrected chi connectivity index (χ1v) is 8.81. The van der Waals surface area contributed by atoms with Gasteiger partial charge in [-0.1, -0.05) is 24.3 Å². The Kier molecular flexibility index (Phi) is 4.10. The zero-order chi connectivity index (χ0) is 16.5. The standard InChI is InChI=1S/C19H23N3O2/c23-18-12-22(11-13-5-1-2-6-14(13)18)19(24)10-9-17-15-7-3-4-8-16(15)20-21-17/h1-2,5-6,18,23H,3-4,7-12H2,(H,20,21)/t18-/m1/s1. The molecular formula is C19H23N3O2. The van der Waals surface area contributed by atoms with Crippen LogP contribution in [0.25, 0.3) is 0 Å². The number of hydrogen-bond acceptors (Lipinski definition) is 3. The topological polar surface area (TPSA) is 69.2 Å². The number of carbonyl (C=O) groups excluding carboxylic acids is 1. The van der Waals surface area contributed by atoms with Gasteiger partial charge in [0.25, 0.3) is 0 Å². The molecule has 2 N–H and O–H groups in total. The Morgan fingerprint density at radius 2 is 2.12 bits per heavy atom. The molecular weight excluding hydrogens is 302 g/mol. The highest BCUT2D eigenvalue weighted by Crippen LogP contribution is 2.27. The van der Waals surface area contributed by atoms with Crippen LogP contribution in [0.3, 0.4) is 0 Å². The number of H-pyrrole nitrogens is 1. The number of carbonyl (C=O) groups is 1. The largest absolute Gasteiger partial charge is 0.387 e. The first-order valence-electron chi connectivity index (χ1n) is 8.81. The molecule has 126 valence electrons. The minimum atomic E-state index is -0.586. The van der Waals surface area contributed by atoms with E-state index < -0.39 is 6.10 Å². The van der Waals surface area contributed by atoms with Crippen LogP contribution >= 0.6 is 0 Å². The summed E-state index contributed by atoms with van der Waals surface area (Å²) in [6.07, 6.45) is 5.13. The van der Waals surface area contributed by atoms with Gasteiger partial charge in [0.15, 0.2) is 0 Å². The number of aliphatic hydroxyl groups is 1. The van der Waals surface area contributed by atoms with E-state index in [1.54, 1.807) is 4.90 Å². The number of benzene rings is 1. The van der Waals surface area contributed by atoms with Gasteiger partial charge in [-0.25, -0.2) is 0 Å². The number of aliphatic hydroxyl groups excluding tert-OH is 1. The fraction of sp³-hybridized carbons (Fsp3) is 0.474. The van der Waals surface area contributed by atoms with E-state index in [0.717, 1.165) is 29.7 Å². The molecule has 1 aliphatic carbocycles. The van der Waals surface area contributed by atoms with Crippen molar-refractivity contribution in [2.24, 2.45) is 0 Å². The van der Waals surface area contributed by atoms with Crippen molar-refractivity contribution in [1.82, 2.24) is 15.1 Å². The predicted octanol–water partition coefficient (Wildman–Crippen LogP) is 2.30. The Labute approximate surface area is 141 Å². The summed E-state index contributed by atoms with van der Waals surface area (Å²) in [5.41, 5.74) is 5.63. The lowest BCUT2D eigenvalue weighted by atomic mass is 9.94. The number of β-amino-alcohol motifs (C(OH)–C–C–N with tert-alkyl or cyclic N) is 1. The monoisotopic (exact) mass is 325 g/mol. The number of hydrogen-bond donors (Lipinski definition) is 2. The van der Waals surface area contributed by atoms with Gasteiger partial charge in [0.05, 0.1) is 18.3 Å². The molecule has 0 bridgehead atoms. The van der Waals surface area contributed by atoms with Gasteiger partial charge in [-0.15, -0.1) is 0 Å². The van der Waals surface area contributed by atoms with Gasteiger partial charge in [0.1, 0.15) is 0 Å². The van der Waals surface area contributed by atoms with Gasteiger partial charge >= 0.3 is 0 Å². The molecule has 0 spiro atoms. The molecule has 5 heteroatoms. The summed E-state index contributed by atoms with van der Waals surface area (Å²) in [4.78, 5) is 14.4. The van der Waals surface area contributed by atoms with E-state index in [9.17, 15) is 9.90 Å². The van der Waals surface area contributed by atoms with Crippen molar-refractivity contribution in [3.63, 3.8) is 0 Å². The van der Waals surface area contributed by atoms with Gasteiger partial charge in [-0.05, 0) is 42.4 Å². The Hall–Kier alpha value is -2.14. The first-order chi connectivity index (χ1) is 11.7. The zero-order valence-electron chi connectivity index (χ0n) is 13.8. The summed E-state index contributed by atoms with van der Waals surface area (Å²) in [6.45, 7) is 0.971. The maximum Gasteiger partial charge on any atom is 0.223 e. The zero-order valence-corrected chi connectivity index (χ0v) is 13.8. The first kappa shape index (κ1) is 15.4. The van der Waals surface area contributed by atoms with Crippen LogP contribution in [0.2, 0.25) is 0 Å². The number of aryl methyl sites for hydroxylation is 2. The number of nitrogens with one attached hydrogen (secondary N) is 1. The Morgan fingerprint density at radius 1 is 1.29 bits per heavy atom. The normalized spacial score (nSPS) is 19.7. The minimum absolute atomic E-state index is 0.0936. The molecule has 0 radical (unpaired) electrons. The van der Waals surface area contributed by atoms with Crippen molar-refractivity contribution in [3.05, 3.63) is 52.3 Å². The number of rotatable bonds is 3. The van der Waals surface area contributed by atoms with Crippen molar-refractivity contribution in [2.45, 2.75) is 51.2 Å². The second-order valence-electron chi connectivity index (χ2n) is 6.82. The molecule has 0 unspecified atom stereocenters. The lowest BCUT2D eigenvalue weighted by Crippen LogP contribution is -2.38. The van der Waals surface area contributed by atoms with E-state index >= 15 is 0 Å². The van der Waals surface area contributed by atoms with E-state index in [4.69, 9.17) is 0 Å². The summed E-state index contributed by atoms with van der Waals surface area (Å²) in [5.74, 6) is 0.0936. The molecule has 0 fully saturated rings. The molecule has 0 saturated heterocycles. The van der Waals surface area contributed by atoms with Crippen LogP contribution < -0.4 is 0 Å². The van der Waals surface area contributed by atoms with Crippen LogP contribution in [-0.2, 0) is 30.6 Å². The second kappa shape index (κ2) is 6.40. The van der Waals surface area contributed by atoms with Gasteiger partial charge in [0, 0.05) is 25.1 Å². The summed E-state index contributed by atoms with van der Waals surface area (Å²) in [5, 5.41) is 17.8. The molecule has 1 aromatic carbocycles. The van der Waals surface area contributed by atoms with E-state index in [1.165, 1.54) is 24.1 Å². The van der Waals surface area contributed by atoms with Crippen LogP contribution in [0.1, 0.15) is 53.4 Å². The molecule has 1 aliphatic heterocycles. The van der Waals surface area contributed by atoms with Crippen LogP contribution in [0, 0.1) is 0 Å². The number of aromatic nitrogens is 2. The number of amides is 1. The van der Waals surface area contributed by atoms with Crippen molar-refractivity contribution in [2.75, 3.05) is 6.54 Å². The van der Waals surface area contributed by atoms with E-state index in [1.807, 2.05) is 24.3 Å². The maximum atomic E-state index is 12.6. The quantitative estimate of drug-likeness (QED) is 0.910. The summed E-state index contributed by atoms with van der Waals surface area (Å²) >= 11 is 0. The molecule has 5 nitrogen and oxygen atoms in total. The van der Waals surface area contributed by atoms with Crippen molar-refractivity contribution in [1.29, 1.82) is 0 Å². The van der Waals surface area contributed by atoms with Gasteiger partial charge in [0.2, 0.25) is 5.91 Å². The van der Waals surface area contributed by atoms with Crippen molar-refractivity contribution >= 4 is 5.91 Å². The van der Waals surface area contributed by atoms with E-state index in [2.05, 4.69) is 10.2 Å². The molecule has 0 saturated carbocycles. The third-order valence-electron chi connectivity index (χ3n) is 5.24. The third kappa shape index (κ3) is 2.84. The molecule has 2 aliphatic rings. The van der Waals surface area contributed by atoms with Gasteiger partial charge in [-0.3, -0.25) is 9.89 Å². The second-order valence-corrected chi connectivity index (χ2v) is 6.82. The molecule has 1 aromatic heterocycles. The van der Waals surface area contributed by atoms with Crippen LogP contribution in [0.15, 0.2) is 24.3 Å². The highest BCUT2D eigenvalue weighted by molar-refractivity contribution is 5.77.